The molecule has 1 atom stereocenters. The molecule has 0 aromatic rings. The van der Waals surface area contributed by atoms with Gasteiger partial charge in [-0.2, -0.15) is 0 Å². The Kier molecular flexibility index (Phi) is 3.99. The molecule has 0 aliphatic carbocycles. The zero-order chi connectivity index (χ0) is 14.0. The maximum absolute atomic E-state index is 11.7. The van der Waals surface area contributed by atoms with Crippen LogP contribution in [-0.4, -0.2) is 60.4 Å². The standard InChI is InChI=1S/C13H22N2O4/c1-13(2)15(12(17)19-13)9-8-14-7-5-4-6-10(14)11(16)18-3/h10H,4-9H2,1-3H3. The van der Waals surface area contributed by atoms with Gasteiger partial charge in [0, 0.05) is 13.1 Å². The van der Waals surface area contributed by atoms with Crippen LogP contribution in [-0.2, 0) is 14.3 Å². The summed E-state index contributed by atoms with van der Waals surface area (Å²) < 4.78 is 9.89. The van der Waals surface area contributed by atoms with Crippen LogP contribution in [0.15, 0.2) is 0 Å². The first-order valence-corrected chi connectivity index (χ1v) is 6.78. The second-order valence-electron chi connectivity index (χ2n) is 5.54. The molecule has 0 saturated carbocycles. The van der Waals surface area contributed by atoms with Crippen LogP contribution in [0.3, 0.4) is 0 Å². The predicted octanol–water partition coefficient (Wildman–Crippen LogP) is 1.20. The maximum atomic E-state index is 11.7. The van der Waals surface area contributed by atoms with Crippen LogP contribution in [0.1, 0.15) is 33.1 Å². The van der Waals surface area contributed by atoms with Crippen molar-refractivity contribution in [2.75, 3.05) is 26.7 Å². The van der Waals surface area contributed by atoms with Crippen molar-refractivity contribution < 1.29 is 19.1 Å². The van der Waals surface area contributed by atoms with Crippen molar-refractivity contribution in [1.82, 2.24) is 9.80 Å². The largest absolute Gasteiger partial charge is 0.468 e. The van der Waals surface area contributed by atoms with E-state index in [0.29, 0.717) is 13.1 Å². The molecule has 108 valence electrons. The molecule has 2 heterocycles. The average molecular weight is 270 g/mol. The van der Waals surface area contributed by atoms with E-state index in [1.165, 1.54) is 7.11 Å². The number of carbonyl (C=O) groups is 2. The number of piperidine rings is 1. The Morgan fingerprint density at radius 2 is 2.16 bits per heavy atom. The van der Waals surface area contributed by atoms with Gasteiger partial charge in [0.25, 0.3) is 0 Å². The van der Waals surface area contributed by atoms with E-state index in [-0.39, 0.29) is 18.1 Å². The summed E-state index contributed by atoms with van der Waals surface area (Å²) in [7, 11) is 1.42. The Morgan fingerprint density at radius 1 is 1.42 bits per heavy atom. The Balaban J connectivity index is 1.90. The molecule has 6 heteroatoms. The smallest absolute Gasteiger partial charge is 0.415 e. The van der Waals surface area contributed by atoms with Crippen molar-refractivity contribution in [3.63, 3.8) is 0 Å². The highest BCUT2D eigenvalue weighted by Crippen LogP contribution is 2.28. The van der Waals surface area contributed by atoms with E-state index < -0.39 is 5.72 Å². The molecule has 2 saturated heterocycles. The fraction of sp³-hybridized carbons (Fsp3) is 0.846. The molecular weight excluding hydrogens is 248 g/mol. The van der Waals surface area contributed by atoms with Gasteiger partial charge >= 0.3 is 12.1 Å². The van der Waals surface area contributed by atoms with Gasteiger partial charge in [0.15, 0.2) is 5.72 Å². The van der Waals surface area contributed by atoms with Crippen LogP contribution < -0.4 is 0 Å². The van der Waals surface area contributed by atoms with Crippen molar-refractivity contribution in [3.05, 3.63) is 0 Å². The summed E-state index contributed by atoms with van der Waals surface area (Å²) in [5, 5.41) is 0. The topological polar surface area (TPSA) is 59.1 Å². The number of amides is 1. The van der Waals surface area contributed by atoms with Gasteiger partial charge in [0.1, 0.15) is 6.04 Å². The second-order valence-corrected chi connectivity index (χ2v) is 5.54. The summed E-state index contributed by atoms with van der Waals surface area (Å²) in [5.41, 5.74) is -0.520. The van der Waals surface area contributed by atoms with Crippen LogP contribution in [0, 0.1) is 0 Å². The first kappa shape index (κ1) is 14.1. The maximum Gasteiger partial charge on any atom is 0.415 e. The highest BCUT2D eigenvalue weighted by molar-refractivity contribution is 5.76. The van der Waals surface area contributed by atoms with E-state index in [1.807, 2.05) is 13.8 Å². The van der Waals surface area contributed by atoms with Crippen LogP contribution >= 0.6 is 0 Å². The second kappa shape index (κ2) is 5.36. The third-order valence-electron chi connectivity index (χ3n) is 3.91. The molecule has 19 heavy (non-hydrogen) atoms. The molecule has 6 nitrogen and oxygen atoms in total. The Morgan fingerprint density at radius 3 is 2.74 bits per heavy atom. The zero-order valence-corrected chi connectivity index (χ0v) is 11.8. The fourth-order valence-electron chi connectivity index (χ4n) is 2.76. The van der Waals surface area contributed by atoms with Crippen molar-refractivity contribution in [2.24, 2.45) is 0 Å². The summed E-state index contributed by atoms with van der Waals surface area (Å²) >= 11 is 0. The molecule has 2 rings (SSSR count). The lowest BCUT2D eigenvalue weighted by Gasteiger charge is -2.47. The normalized spacial score (nSPS) is 26.6. The van der Waals surface area contributed by atoms with Gasteiger partial charge in [-0.3, -0.25) is 14.6 Å². The number of rotatable bonds is 4. The van der Waals surface area contributed by atoms with Gasteiger partial charge in [-0.25, -0.2) is 4.79 Å². The lowest BCUT2D eigenvalue weighted by atomic mass is 10.0. The first-order chi connectivity index (χ1) is 8.95. The van der Waals surface area contributed by atoms with E-state index in [0.717, 1.165) is 25.8 Å². The van der Waals surface area contributed by atoms with Crippen molar-refractivity contribution in [1.29, 1.82) is 0 Å². The van der Waals surface area contributed by atoms with Crippen LogP contribution in [0.5, 0.6) is 0 Å². The summed E-state index contributed by atoms with van der Waals surface area (Å²) in [6.07, 6.45) is 2.69. The van der Waals surface area contributed by atoms with E-state index in [2.05, 4.69) is 4.90 Å². The van der Waals surface area contributed by atoms with Gasteiger partial charge in [-0.1, -0.05) is 6.42 Å². The number of ether oxygens (including phenoxy) is 2. The van der Waals surface area contributed by atoms with Gasteiger partial charge in [0.05, 0.1) is 7.11 Å². The number of methoxy groups -OCH3 is 1. The molecule has 2 fully saturated rings. The summed E-state index contributed by atoms with van der Waals surface area (Å²) in [6, 6.07) is -0.167. The number of hydrogen-bond acceptors (Lipinski definition) is 5. The van der Waals surface area contributed by atoms with Gasteiger partial charge in [0.2, 0.25) is 0 Å². The molecule has 2 aliphatic rings. The number of esters is 1. The molecule has 0 aromatic carbocycles. The van der Waals surface area contributed by atoms with E-state index in [4.69, 9.17) is 9.47 Å². The molecular formula is C13H22N2O4. The van der Waals surface area contributed by atoms with Crippen LogP contribution in [0.4, 0.5) is 4.79 Å². The highest BCUT2D eigenvalue weighted by atomic mass is 16.6. The molecule has 0 spiro atoms. The van der Waals surface area contributed by atoms with Gasteiger partial charge in [-0.15, -0.1) is 0 Å². The average Bonchev–Trinajstić information content (AvgIpc) is 2.37. The van der Waals surface area contributed by atoms with Crippen molar-refractivity contribution >= 4 is 12.1 Å². The molecule has 0 bridgehead atoms. The summed E-state index contributed by atoms with van der Waals surface area (Å²) in [5.74, 6) is -0.176. The molecule has 1 unspecified atom stereocenters. The number of cyclic esters (lactones) is 1. The lowest BCUT2D eigenvalue weighted by molar-refractivity contribution is -0.165. The number of hydrogen-bond donors (Lipinski definition) is 0. The molecule has 0 N–H and O–H groups in total. The van der Waals surface area contributed by atoms with Gasteiger partial charge < -0.3 is 9.47 Å². The quantitative estimate of drug-likeness (QED) is 0.718. The van der Waals surface area contributed by atoms with Crippen molar-refractivity contribution in [3.8, 4) is 0 Å². The Labute approximate surface area is 113 Å². The molecule has 0 radical (unpaired) electrons. The van der Waals surface area contributed by atoms with Gasteiger partial charge in [-0.05, 0) is 33.2 Å². The van der Waals surface area contributed by atoms with Crippen LogP contribution in [0.25, 0.3) is 0 Å². The third kappa shape index (κ3) is 2.83. The lowest BCUT2D eigenvalue weighted by Crippen LogP contribution is -2.63. The molecule has 1 amide bonds. The zero-order valence-electron chi connectivity index (χ0n) is 11.8. The van der Waals surface area contributed by atoms with Crippen molar-refractivity contribution in [2.45, 2.75) is 44.9 Å². The number of nitrogens with zero attached hydrogens (tertiary/aromatic N) is 2. The first-order valence-electron chi connectivity index (χ1n) is 6.78. The minimum atomic E-state index is -0.520. The number of carbonyl (C=O) groups excluding carboxylic acids is 2. The highest BCUT2D eigenvalue weighted by Gasteiger charge is 2.46. The van der Waals surface area contributed by atoms with Crippen LogP contribution in [0.2, 0.25) is 0 Å². The monoisotopic (exact) mass is 270 g/mol. The predicted molar refractivity (Wildman–Crippen MR) is 68.5 cm³/mol. The Hall–Kier alpha value is -1.30. The van der Waals surface area contributed by atoms with E-state index >= 15 is 0 Å². The summed E-state index contributed by atoms with van der Waals surface area (Å²) in [6.45, 7) is 5.87. The van der Waals surface area contributed by atoms with E-state index in [1.54, 1.807) is 4.90 Å². The third-order valence-corrected chi connectivity index (χ3v) is 3.91. The minimum Gasteiger partial charge on any atom is -0.468 e. The number of likely N-dealkylation sites (tertiary alicyclic amines) is 1. The Bertz CT molecular complexity index is 370. The molecule has 0 aromatic heterocycles. The van der Waals surface area contributed by atoms with E-state index in [9.17, 15) is 9.59 Å². The SMILES string of the molecule is COC(=O)C1CCCCN1CCN1C(=O)OC1(C)C. The fourth-order valence-corrected chi connectivity index (χ4v) is 2.76. The molecule has 2 aliphatic heterocycles. The minimum absolute atomic E-state index is 0.167. The summed E-state index contributed by atoms with van der Waals surface area (Å²) in [4.78, 5) is 26.9.